The Morgan fingerprint density at radius 1 is 1.44 bits per heavy atom. The van der Waals surface area contributed by atoms with Crippen LogP contribution in [-0.2, 0) is 6.54 Å². The third-order valence-corrected chi connectivity index (χ3v) is 2.81. The van der Waals surface area contributed by atoms with Crippen molar-refractivity contribution in [2.75, 3.05) is 6.54 Å². The van der Waals surface area contributed by atoms with Crippen LogP contribution in [0.5, 0.6) is 0 Å². The van der Waals surface area contributed by atoms with Crippen LogP contribution in [-0.4, -0.2) is 16.7 Å². The fraction of sp³-hybridized carbons (Fsp3) is 0.583. The molecule has 0 aromatic carbocycles. The van der Waals surface area contributed by atoms with Crippen molar-refractivity contribution in [2.24, 2.45) is 0 Å². The van der Waals surface area contributed by atoms with Crippen LogP contribution in [0.4, 0.5) is 0 Å². The standard InChI is InChI=1S/C12H19BrN2O/c1-12(2,3)14-7-5-9-15-8-4-6-10(13)11(15)16/h4,6,8,14H,5,7,9H2,1-3H3. The van der Waals surface area contributed by atoms with Crippen molar-refractivity contribution in [1.29, 1.82) is 0 Å². The lowest BCUT2D eigenvalue weighted by Gasteiger charge is -2.20. The van der Waals surface area contributed by atoms with Gasteiger partial charge in [-0.3, -0.25) is 4.79 Å². The summed E-state index contributed by atoms with van der Waals surface area (Å²) in [7, 11) is 0. The average molecular weight is 287 g/mol. The van der Waals surface area contributed by atoms with Crippen LogP contribution in [0.3, 0.4) is 0 Å². The molecule has 0 unspecified atom stereocenters. The highest BCUT2D eigenvalue weighted by atomic mass is 79.9. The summed E-state index contributed by atoms with van der Waals surface area (Å²) in [6, 6.07) is 3.65. The number of halogens is 1. The maximum atomic E-state index is 11.7. The van der Waals surface area contributed by atoms with E-state index in [4.69, 9.17) is 0 Å². The Hall–Kier alpha value is -0.610. The van der Waals surface area contributed by atoms with Crippen LogP contribution in [0.25, 0.3) is 0 Å². The topological polar surface area (TPSA) is 34.0 Å². The number of hydrogen-bond donors (Lipinski definition) is 1. The van der Waals surface area contributed by atoms with E-state index in [0.29, 0.717) is 4.47 Å². The van der Waals surface area contributed by atoms with Crippen molar-refractivity contribution in [3.63, 3.8) is 0 Å². The molecule has 0 aliphatic heterocycles. The largest absolute Gasteiger partial charge is 0.315 e. The number of pyridine rings is 1. The number of hydrogen-bond acceptors (Lipinski definition) is 2. The molecule has 0 saturated heterocycles. The second-order valence-corrected chi connectivity index (χ2v) is 5.74. The van der Waals surface area contributed by atoms with E-state index < -0.39 is 0 Å². The van der Waals surface area contributed by atoms with E-state index in [0.717, 1.165) is 19.5 Å². The molecule has 1 aromatic rings. The van der Waals surface area contributed by atoms with Crippen molar-refractivity contribution in [1.82, 2.24) is 9.88 Å². The number of nitrogens with zero attached hydrogens (tertiary/aromatic N) is 1. The molecule has 1 N–H and O–H groups in total. The number of nitrogens with one attached hydrogen (secondary N) is 1. The molecule has 0 spiro atoms. The zero-order valence-corrected chi connectivity index (χ0v) is 11.7. The van der Waals surface area contributed by atoms with Gasteiger partial charge in [0, 0.05) is 18.3 Å². The third-order valence-electron chi connectivity index (χ3n) is 2.20. The van der Waals surface area contributed by atoms with Crippen LogP contribution in [0.2, 0.25) is 0 Å². The molecule has 0 saturated carbocycles. The van der Waals surface area contributed by atoms with Crippen LogP contribution in [0.15, 0.2) is 27.6 Å². The molecular formula is C12H19BrN2O. The van der Waals surface area contributed by atoms with E-state index in [1.165, 1.54) is 0 Å². The van der Waals surface area contributed by atoms with Crippen LogP contribution >= 0.6 is 15.9 Å². The van der Waals surface area contributed by atoms with Gasteiger partial charge in [0.2, 0.25) is 0 Å². The second-order valence-electron chi connectivity index (χ2n) is 4.89. The van der Waals surface area contributed by atoms with Gasteiger partial charge < -0.3 is 9.88 Å². The Morgan fingerprint density at radius 2 is 2.12 bits per heavy atom. The normalized spacial score (nSPS) is 11.8. The Kier molecular flexibility index (Phi) is 4.74. The zero-order valence-electron chi connectivity index (χ0n) is 10.1. The third kappa shape index (κ3) is 4.49. The zero-order chi connectivity index (χ0) is 12.2. The summed E-state index contributed by atoms with van der Waals surface area (Å²) in [5.74, 6) is 0. The SMILES string of the molecule is CC(C)(C)NCCCn1cccc(Br)c1=O. The summed E-state index contributed by atoms with van der Waals surface area (Å²) in [5, 5.41) is 3.40. The summed E-state index contributed by atoms with van der Waals surface area (Å²) in [6.45, 7) is 8.08. The maximum Gasteiger partial charge on any atom is 0.264 e. The summed E-state index contributed by atoms with van der Waals surface area (Å²) < 4.78 is 2.35. The molecule has 0 aliphatic carbocycles. The van der Waals surface area contributed by atoms with Crippen LogP contribution < -0.4 is 10.9 Å². The fourth-order valence-corrected chi connectivity index (χ4v) is 1.78. The van der Waals surface area contributed by atoms with E-state index in [-0.39, 0.29) is 11.1 Å². The van der Waals surface area contributed by atoms with Gasteiger partial charge in [0.1, 0.15) is 0 Å². The predicted octanol–water partition coefficient (Wildman–Crippen LogP) is 2.39. The molecule has 1 rings (SSSR count). The van der Waals surface area contributed by atoms with E-state index in [1.807, 2.05) is 12.3 Å². The van der Waals surface area contributed by atoms with Gasteiger partial charge >= 0.3 is 0 Å². The number of rotatable bonds is 4. The lowest BCUT2D eigenvalue weighted by atomic mass is 10.1. The molecule has 0 fully saturated rings. The minimum absolute atomic E-state index is 0.0401. The van der Waals surface area contributed by atoms with E-state index in [2.05, 4.69) is 42.0 Å². The molecule has 0 amide bonds. The smallest absolute Gasteiger partial charge is 0.264 e. The first-order valence-corrected chi connectivity index (χ1v) is 6.29. The highest BCUT2D eigenvalue weighted by Crippen LogP contribution is 2.02. The van der Waals surface area contributed by atoms with Gasteiger partial charge in [-0.25, -0.2) is 0 Å². The summed E-state index contributed by atoms with van der Waals surface area (Å²) in [5.41, 5.74) is 0.181. The molecule has 1 heterocycles. The number of aryl methyl sites for hydroxylation is 1. The first-order valence-electron chi connectivity index (χ1n) is 5.50. The van der Waals surface area contributed by atoms with Crippen molar-refractivity contribution in [3.8, 4) is 0 Å². The predicted molar refractivity (Wildman–Crippen MR) is 70.8 cm³/mol. The minimum atomic E-state index is 0.0401. The molecule has 0 radical (unpaired) electrons. The molecule has 4 heteroatoms. The van der Waals surface area contributed by atoms with Gasteiger partial charge in [0.25, 0.3) is 5.56 Å². The lowest BCUT2D eigenvalue weighted by Crippen LogP contribution is -2.37. The van der Waals surface area contributed by atoms with Crippen LogP contribution in [0.1, 0.15) is 27.2 Å². The molecule has 1 aromatic heterocycles. The average Bonchev–Trinajstić information content (AvgIpc) is 2.17. The second kappa shape index (κ2) is 5.64. The first kappa shape index (κ1) is 13.5. The van der Waals surface area contributed by atoms with E-state index in [1.54, 1.807) is 10.6 Å². The molecular weight excluding hydrogens is 268 g/mol. The van der Waals surface area contributed by atoms with Gasteiger partial charge in [0.15, 0.2) is 0 Å². The quantitative estimate of drug-likeness (QED) is 0.863. The van der Waals surface area contributed by atoms with Crippen molar-refractivity contribution < 1.29 is 0 Å². The Morgan fingerprint density at radius 3 is 2.75 bits per heavy atom. The van der Waals surface area contributed by atoms with Gasteiger partial charge in [-0.1, -0.05) is 0 Å². The first-order chi connectivity index (χ1) is 7.40. The van der Waals surface area contributed by atoms with Gasteiger partial charge in [-0.15, -0.1) is 0 Å². The Labute approximate surface area is 105 Å². The summed E-state index contributed by atoms with van der Waals surface area (Å²) in [4.78, 5) is 11.7. The minimum Gasteiger partial charge on any atom is -0.315 e. The Bertz CT molecular complexity index is 393. The Balaban J connectivity index is 2.44. The molecule has 16 heavy (non-hydrogen) atoms. The van der Waals surface area contributed by atoms with Gasteiger partial charge in [0.05, 0.1) is 4.47 Å². The number of aromatic nitrogens is 1. The van der Waals surface area contributed by atoms with E-state index >= 15 is 0 Å². The molecule has 0 atom stereocenters. The van der Waals surface area contributed by atoms with Gasteiger partial charge in [-0.2, -0.15) is 0 Å². The molecule has 90 valence electrons. The fourth-order valence-electron chi connectivity index (χ4n) is 1.40. The summed E-state index contributed by atoms with van der Waals surface area (Å²) >= 11 is 3.24. The summed E-state index contributed by atoms with van der Waals surface area (Å²) in [6.07, 6.45) is 2.78. The van der Waals surface area contributed by atoms with Crippen molar-refractivity contribution in [3.05, 3.63) is 33.2 Å². The highest BCUT2D eigenvalue weighted by molar-refractivity contribution is 9.10. The molecule has 0 aliphatic rings. The van der Waals surface area contributed by atoms with Crippen molar-refractivity contribution in [2.45, 2.75) is 39.3 Å². The highest BCUT2D eigenvalue weighted by Gasteiger charge is 2.07. The maximum absolute atomic E-state index is 11.7. The van der Waals surface area contributed by atoms with Gasteiger partial charge in [-0.05, 0) is 61.8 Å². The van der Waals surface area contributed by atoms with Crippen molar-refractivity contribution >= 4 is 15.9 Å². The van der Waals surface area contributed by atoms with E-state index in [9.17, 15) is 4.79 Å². The monoisotopic (exact) mass is 286 g/mol. The van der Waals surface area contributed by atoms with Crippen LogP contribution in [0, 0.1) is 0 Å². The molecule has 0 bridgehead atoms. The molecule has 3 nitrogen and oxygen atoms in total. The lowest BCUT2D eigenvalue weighted by molar-refractivity contribution is 0.412.